The molecule has 2 fully saturated rings. The molecule has 3 N–H and O–H groups in total. The average molecular weight is 522 g/mol. The third-order valence-corrected chi connectivity index (χ3v) is 9.73. The van der Waals surface area contributed by atoms with Crippen LogP contribution in [0.25, 0.3) is 11.1 Å². The third-order valence-electron chi connectivity index (χ3n) is 9.73. The molecule has 1 heterocycles. The van der Waals surface area contributed by atoms with E-state index in [0.29, 0.717) is 24.1 Å². The van der Waals surface area contributed by atoms with Crippen LogP contribution in [0.15, 0.2) is 66.7 Å². The van der Waals surface area contributed by atoms with E-state index in [-0.39, 0.29) is 11.3 Å². The Hall–Kier alpha value is -3.44. The first kappa shape index (κ1) is 25.8. The number of hydrogen-bond acceptors (Lipinski definition) is 3. The number of nitrogens with one attached hydrogen (secondary N) is 1. The van der Waals surface area contributed by atoms with Gasteiger partial charge in [0.15, 0.2) is 0 Å². The summed E-state index contributed by atoms with van der Waals surface area (Å²) >= 11 is 0. The first-order valence-corrected chi connectivity index (χ1v) is 14.5. The smallest absolute Gasteiger partial charge is 0.251 e. The van der Waals surface area contributed by atoms with Gasteiger partial charge < -0.3 is 11.1 Å². The minimum Gasteiger partial charge on any atom is -0.366 e. The normalized spacial score (nSPS) is 24.2. The van der Waals surface area contributed by atoms with Gasteiger partial charge in [0, 0.05) is 30.3 Å². The first-order chi connectivity index (χ1) is 18.8. The molecule has 3 aromatic rings. The van der Waals surface area contributed by atoms with E-state index in [1.54, 1.807) is 12.1 Å². The van der Waals surface area contributed by atoms with Crippen LogP contribution in [0.3, 0.4) is 0 Å². The molecule has 202 valence electrons. The summed E-state index contributed by atoms with van der Waals surface area (Å²) in [5, 5.41) is 3.14. The molecule has 3 atom stereocenters. The van der Waals surface area contributed by atoms with Crippen LogP contribution in [-0.2, 0) is 18.3 Å². The predicted octanol–water partition coefficient (Wildman–Crippen LogP) is 5.36. The summed E-state index contributed by atoms with van der Waals surface area (Å²) in [6.07, 6.45) is 5.85. The van der Waals surface area contributed by atoms with Crippen LogP contribution in [0.5, 0.6) is 0 Å². The maximum absolute atomic E-state index is 13.1. The van der Waals surface area contributed by atoms with Crippen molar-refractivity contribution in [1.29, 1.82) is 0 Å². The molecule has 3 aromatic carbocycles. The van der Waals surface area contributed by atoms with Crippen LogP contribution >= 0.6 is 0 Å². The quantitative estimate of drug-likeness (QED) is 0.419. The van der Waals surface area contributed by atoms with E-state index in [2.05, 4.69) is 60.5 Å². The monoisotopic (exact) mass is 521 g/mol. The van der Waals surface area contributed by atoms with Gasteiger partial charge in [-0.25, -0.2) is 0 Å². The Balaban J connectivity index is 1.07. The van der Waals surface area contributed by atoms with E-state index in [1.165, 1.54) is 49.0 Å². The lowest BCUT2D eigenvalue weighted by Crippen LogP contribution is -2.58. The van der Waals surface area contributed by atoms with Gasteiger partial charge >= 0.3 is 0 Å². The largest absolute Gasteiger partial charge is 0.366 e. The SMILES string of the molecule is CC1C2Cc3ccc(C(=O)NCCc4ccc(-c5ccc(C(N)=O)cc5)cc4)cc3C1(C)CCN2CC1CC1. The lowest BCUT2D eigenvalue weighted by atomic mass is 9.59. The Kier molecular flexibility index (Phi) is 6.80. The number of amides is 2. The molecule has 6 rings (SSSR count). The highest BCUT2D eigenvalue weighted by Crippen LogP contribution is 2.49. The van der Waals surface area contributed by atoms with Gasteiger partial charge in [0.25, 0.3) is 5.91 Å². The molecule has 5 nitrogen and oxygen atoms in total. The fourth-order valence-electron chi connectivity index (χ4n) is 6.82. The average Bonchev–Trinajstić information content (AvgIpc) is 3.77. The Morgan fingerprint density at radius 2 is 1.64 bits per heavy atom. The molecule has 5 heteroatoms. The summed E-state index contributed by atoms with van der Waals surface area (Å²) in [6.45, 7) is 7.90. The third kappa shape index (κ3) is 5.12. The van der Waals surface area contributed by atoms with Crippen molar-refractivity contribution in [1.82, 2.24) is 10.2 Å². The van der Waals surface area contributed by atoms with E-state index < -0.39 is 5.91 Å². The number of fused-ring (bicyclic) bond motifs is 4. The van der Waals surface area contributed by atoms with Gasteiger partial charge in [-0.05, 0) is 108 Å². The zero-order valence-corrected chi connectivity index (χ0v) is 23.1. The van der Waals surface area contributed by atoms with Crippen LogP contribution in [0.1, 0.15) is 70.5 Å². The fourth-order valence-corrected chi connectivity index (χ4v) is 6.82. The number of rotatable bonds is 8. The molecule has 0 radical (unpaired) electrons. The van der Waals surface area contributed by atoms with E-state index in [0.717, 1.165) is 35.4 Å². The summed E-state index contributed by atoms with van der Waals surface area (Å²) in [5.74, 6) is 1.11. The number of benzene rings is 3. The van der Waals surface area contributed by atoms with Crippen molar-refractivity contribution >= 4 is 11.8 Å². The van der Waals surface area contributed by atoms with E-state index in [9.17, 15) is 9.59 Å². The molecule has 3 unspecified atom stereocenters. The van der Waals surface area contributed by atoms with E-state index >= 15 is 0 Å². The highest BCUT2D eigenvalue weighted by molar-refractivity contribution is 5.94. The highest BCUT2D eigenvalue weighted by Gasteiger charge is 2.49. The number of hydrogen-bond donors (Lipinski definition) is 2. The van der Waals surface area contributed by atoms with Crippen molar-refractivity contribution < 1.29 is 9.59 Å². The molecular weight excluding hydrogens is 482 g/mol. The molecule has 0 spiro atoms. The topological polar surface area (TPSA) is 75.4 Å². The van der Waals surface area contributed by atoms with Gasteiger partial charge in [0.1, 0.15) is 0 Å². The zero-order chi connectivity index (χ0) is 27.1. The van der Waals surface area contributed by atoms with Gasteiger partial charge in [-0.2, -0.15) is 0 Å². The Morgan fingerprint density at radius 1 is 0.974 bits per heavy atom. The summed E-state index contributed by atoms with van der Waals surface area (Å²) < 4.78 is 0. The maximum atomic E-state index is 13.1. The minimum absolute atomic E-state index is 0.00788. The standard InChI is InChI=1S/C34H39N3O2/c1-22-31-20-28-13-14-29(19-30(28)34(22,2)16-18-37(31)21-24-3-4-24)33(39)36-17-15-23-5-7-25(8-6-23)26-9-11-27(12-10-26)32(35)38/h5-14,19,22,24,31H,3-4,15-18,20-21H2,1-2H3,(H2,35,38)(H,36,39). The van der Waals surface area contributed by atoms with Crippen molar-refractivity contribution in [2.45, 2.75) is 57.4 Å². The number of likely N-dealkylation sites (tertiary alicyclic amines) is 1. The Bertz CT molecular complexity index is 1380. The lowest BCUT2D eigenvalue weighted by molar-refractivity contribution is 0.0284. The van der Waals surface area contributed by atoms with Crippen LogP contribution in [-0.4, -0.2) is 42.4 Å². The molecule has 1 saturated heterocycles. The summed E-state index contributed by atoms with van der Waals surface area (Å²) in [5.41, 5.74) is 12.9. The molecule has 3 aliphatic rings. The fraction of sp³-hybridized carbons (Fsp3) is 0.412. The van der Waals surface area contributed by atoms with Gasteiger partial charge in [0.05, 0.1) is 0 Å². The summed E-state index contributed by atoms with van der Waals surface area (Å²) in [7, 11) is 0. The molecule has 39 heavy (non-hydrogen) atoms. The Morgan fingerprint density at radius 3 is 2.31 bits per heavy atom. The summed E-state index contributed by atoms with van der Waals surface area (Å²) in [6, 6.07) is 22.7. The molecule has 2 bridgehead atoms. The van der Waals surface area contributed by atoms with Crippen molar-refractivity contribution in [2.24, 2.45) is 17.6 Å². The number of piperidine rings is 1. The van der Waals surface area contributed by atoms with Crippen molar-refractivity contribution in [3.05, 3.63) is 94.5 Å². The number of carbonyl (C=O) groups excluding carboxylic acids is 2. The van der Waals surface area contributed by atoms with Crippen molar-refractivity contribution in [3.8, 4) is 11.1 Å². The predicted molar refractivity (Wildman–Crippen MR) is 156 cm³/mol. The maximum Gasteiger partial charge on any atom is 0.251 e. The molecule has 1 saturated carbocycles. The second kappa shape index (κ2) is 10.3. The van der Waals surface area contributed by atoms with E-state index in [1.807, 2.05) is 18.2 Å². The highest BCUT2D eigenvalue weighted by atomic mass is 16.2. The van der Waals surface area contributed by atoms with Gasteiger partial charge in [0.2, 0.25) is 5.91 Å². The van der Waals surface area contributed by atoms with Crippen LogP contribution < -0.4 is 11.1 Å². The van der Waals surface area contributed by atoms with Gasteiger partial charge in [-0.15, -0.1) is 0 Å². The minimum atomic E-state index is -0.420. The van der Waals surface area contributed by atoms with Crippen LogP contribution in [0.2, 0.25) is 0 Å². The van der Waals surface area contributed by atoms with E-state index in [4.69, 9.17) is 5.73 Å². The second-order valence-electron chi connectivity index (χ2n) is 12.2. The molecule has 2 aliphatic carbocycles. The molecule has 2 amide bonds. The zero-order valence-electron chi connectivity index (χ0n) is 23.1. The summed E-state index contributed by atoms with van der Waals surface area (Å²) in [4.78, 5) is 27.2. The van der Waals surface area contributed by atoms with Crippen LogP contribution in [0, 0.1) is 11.8 Å². The number of primary amides is 1. The molecule has 0 aromatic heterocycles. The first-order valence-electron chi connectivity index (χ1n) is 14.5. The van der Waals surface area contributed by atoms with Gasteiger partial charge in [-0.3, -0.25) is 14.5 Å². The van der Waals surface area contributed by atoms with Gasteiger partial charge in [-0.1, -0.05) is 56.3 Å². The Labute approximate surface area is 231 Å². The number of nitrogens with zero attached hydrogens (tertiary/aromatic N) is 1. The van der Waals surface area contributed by atoms with Crippen molar-refractivity contribution in [3.63, 3.8) is 0 Å². The molecular formula is C34H39N3O2. The number of carbonyl (C=O) groups is 2. The van der Waals surface area contributed by atoms with Crippen LogP contribution in [0.4, 0.5) is 0 Å². The number of nitrogens with two attached hydrogens (primary N) is 1. The molecule has 1 aliphatic heterocycles. The lowest BCUT2D eigenvalue weighted by Gasteiger charge is -2.55. The second-order valence-corrected chi connectivity index (χ2v) is 12.2. The van der Waals surface area contributed by atoms with Crippen molar-refractivity contribution in [2.75, 3.05) is 19.6 Å².